The Kier molecular flexibility index (Phi) is 10.8. The molecule has 0 unspecified atom stereocenters. The van der Waals surface area contributed by atoms with Crippen molar-refractivity contribution < 1.29 is 19.0 Å². The second-order valence-electron chi connectivity index (χ2n) is 14.6. The number of ether oxygens (including phenoxy) is 3. The molecule has 2 saturated heterocycles. The number of rotatable bonds is 10. The topological polar surface area (TPSA) is 111 Å². The highest BCUT2D eigenvalue weighted by Crippen LogP contribution is 2.34. The van der Waals surface area contributed by atoms with Gasteiger partial charge in [0.05, 0.1) is 24.3 Å². The van der Waals surface area contributed by atoms with E-state index < -0.39 is 13.7 Å². The van der Waals surface area contributed by atoms with Crippen molar-refractivity contribution in [1.82, 2.24) is 29.4 Å². The van der Waals surface area contributed by atoms with E-state index in [1.165, 1.54) is 0 Å². The number of aromatic nitrogens is 5. The van der Waals surface area contributed by atoms with Gasteiger partial charge in [0, 0.05) is 76.1 Å². The predicted octanol–water partition coefficient (Wildman–Crippen LogP) is 6.25. The number of carbonyl (C=O) groups is 1. The Balaban J connectivity index is 1.14. The van der Waals surface area contributed by atoms with Gasteiger partial charge < -0.3 is 33.5 Å². The molecule has 262 valence electrons. The van der Waals surface area contributed by atoms with Crippen LogP contribution in [0.1, 0.15) is 20.8 Å². The molecule has 49 heavy (non-hydrogen) atoms. The van der Waals surface area contributed by atoms with Gasteiger partial charge in [-0.05, 0) is 50.6 Å². The number of amides is 1. The van der Waals surface area contributed by atoms with Crippen LogP contribution in [0.3, 0.4) is 0 Å². The first-order valence-corrected chi connectivity index (χ1v) is 21.5. The zero-order valence-electron chi connectivity index (χ0n) is 29.5. The molecule has 6 rings (SSSR count). The first-order valence-electron chi connectivity index (χ1n) is 17.0. The summed E-state index contributed by atoms with van der Waals surface area (Å²) >= 11 is 1.62. The molecule has 12 nitrogen and oxygen atoms in total. The van der Waals surface area contributed by atoms with Crippen molar-refractivity contribution in [2.24, 2.45) is 0 Å². The average Bonchev–Trinajstić information content (AvgIpc) is 3.45. The molecule has 2 aliphatic heterocycles. The number of morpholine rings is 1. The minimum Gasteiger partial charge on any atom is -0.444 e. The fourth-order valence-corrected chi connectivity index (χ4v) is 7.26. The van der Waals surface area contributed by atoms with Gasteiger partial charge in [0.15, 0.2) is 0 Å². The third-order valence-corrected chi connectivity index (χ3v) is 11.1. The van der Waals surface area contributed by atoms with E-state index >= 15 is 0 Å². The number of anilines is 2. The van der Waals surface area contributed by atoms with Crippen LogP contribution in [0.5, 0.6) is 0 Å². The van der Waals surface area contributed by atoms with Crippen LogP contribution in [0.2, 0.25) is 25.7 Å². The largest absolute Gasteiger partial charge is 0.444 e. The molecule has 1 aromatic carbocycles. The van der Waals surface area contributed by atoms with Gasteiger partial charge in [-0.1, -0.05) is 43.5 Å². The second kappa shape index (κ2) is 15.0. The van der Waals surface area contributed by atoms with E-state index in [2.05, 4.69) is 74.3 Å². The van der Waals surface area contributed by atoms with Gasteiger partial charge in [0.1, 0.15) is 30.1 Å². The van der Waals surface area contributed by atoms with Crippen LogP contribution in [0, 0.1) is 0 Å². The summed E-state index contributed by atoms with van der Waals surface area (Å²) in [7, 11) is -1.22. The summed E-state index contributed by atoms with van der Waals surface area (Å²) in [5.74, 6) is 1.61. The zero-order valence-corrected chi connectivity index (χ0v) is 31.3. The van der Waals surface area contributed by atoms with E-state index in [4.69, 9.17) is 24.2 Å². The number of piperazine rings is 1. The predicted molar refractivity (Wildman–Crippen MR) is 196 cm³/mol. The highest BCUT2D eigenvalue weighted by molar-refractivity contribution is 7.99. The van der Waals surface area contributed by atoms with Crippen LogP contribution in [-0.4, -0.2) is 108 Å². The molecular formula is C35H48N8O4SSi. The SMILES string of the molecule is CC(C)(C)OC(=O)N1CCN(c2ncc(Sc3ccc(-c4cc5c(N6CCOCC6)ncnc5n4COCC[Si](C)(C)C)cc3)cn2)CC1. The van der Waals surface area contributed by atoms with Crippen LogP contribution >= 0.6 is 11.8 Å². The van der Waals surface area contributed by atoms with E-state index in [0.29, 0.717) is 52.1 Å². The van der Waals surface area contributed by atoms with Gasteiger partial charge >= 0.3 is 6.09 Å². The molecule has 4 aromatic rings. The minimum atomic E-state index is -1.22. The lowest BCUT2D eigenvalue weighted by molar-refractivity contribution is 0.0240. The Morgan fingerprint density at radius 3 is 2.24 bits per heavy atom. The first kappa shape index (κ1) is 35.1. The van der Waals surface area contributed by atoms with Gasteiger partial charge in [-0.25, -0.2) is 24.7 Å². The second-order valence-corrected chi connectivity index (χ2v) is 21.4. The molecule has 1 amide bonds. The van der Waals surface area contributed by atoms with E-state index in [9.17, 15) is 4.79 Å². The van der Waals surface area contributed by atoms with Crippen molar-refractivity contribution in [3.63, 3.8) is 0 Å². The number of carbonyl (C=O) groups excluding carboxylic acids is 1. The molecule has 0 N–H and O–H groups in total. The van der Waals surface area contributed by atoms with Crippen molar-refractivity contribution in [2.75, 3.05) is 68.9 Å². The quantitative estimate of drug-likeness (QED) is 0.138. The molecule has 0 atom stereocenters. The highest BCUT2D eigenvalue weighted by Gasteiger charge is 2.27. The summed E-state index contributed by atoms with van der Waals surface area (Å²) in [5, 5.41) is 1.02. The van der Waals surface area contributed by atoms with Crippen molar-refractivity contribution in [2.45, 2.75) is 68.6 Å². The summed E-state index contributed by atoms with van der Waals surface area (Å²) < 4.78 is 19.5. The van der Waals surface area contributed by atoms with Gasteiger partial charge in [-0.15, -0.1) is 0 Å². The molecule has 14 heteroatoms. The Hall–Kier alpha value is -3.72. The zero-order chi connectivity index (χ0) is 34.6. The summed E-state index contributed by atoms with van der Waals surface area (Å²) in [6.07, 6.45) is 5.11. The Morgan fingerprint density at radius 1 is 0.898 bits per heavy atom. The van der Waals surface area contributed by atoms with Crippen LogP contribution < -0.4 is 9.80 Å². The summed E-state index contributed by atoms with van der Waals surface area (Å²) in [6.45, 7) is 19.4. The van der Waals surface area contributed by atoms with Crippen LogP contribution in [0.4, 0.5) is 16.6 Å². The summed E-state index contributed by atoms with van der Waals surface area (Å²) in [4.78, 5) is 39.3. The number of benzene rings is 1. The van der Waals surface area contributed by atoms with Crippen molar-refractivity contribution >= 4 is 48.7 Å². The molecular weight excluding hydrogens is 657 g/mol. The standard InChI is InChI=1S/C35H48N8O4SSi/c1-35(2,3)47-34(44)42-13-11-41(12-14-42)33-36-22-28(23-37-33)48-27-9-7-26(8-10-27)30-21-29-31(40-15-17-45-18-16-40)38-24-39-32(29)43(30)25-46-19-20-49(4,5)6/h7-10,21-24H,11-20,25H2,1-6H3. The lowest BCUT2D eigenvalue weighted by Gasteiger charge is -2.35. The molecule has 0 spiro atoms. The van der Waals surface area contributed by atoms with E-state index in [-0.39, 0.29) is 6.09 Å². The fraction of sp³-hybridized carbons (Fsp3) is 0.514. The molecule has 3 aromatic heterocycles. The van der Waals surface area contributed by atoms with Crippen LogP contribution in [0.25, 0.3) is 22.3 Å². The van der Waals surface area contributed by atoms with Crippen molar-refractivity contribution in [3.05, 3.63) is 49.1 Å². The van der Waals surface area contributed by atoms with Crippen LogP contribution in [-0.2, 0) is 20.9 Å². The number of hydrogen-bond acceptors (Lipinski definition) is 11. The Labute approximate surface area is 294 Å². The number of hydrogen-bond donors (Lipinski definition) is 0. The molecule has 0 radical (unpaired) electrons. The van der Waals surface area contributed by atoms with Gasteiger partial charge in [0.2, 0.25) is 5.95 Å². The van der Waals surface area contributed by atoms with Gasteiger partial charge in [-0.2, -0.15) is 0 Å². The number of nitrogens with zero attached hydrogens (tertiary/aromatic N) is 8. The fourth-order valence-electron chi connectivity index (χ4n) is 5.75. The normalized spacial score (nSPS) is 16.0. The summed E-state index contributed by atoms with van der Waals surface area (Å²) in [5.41, 5.74) is 2.51. The molecule has 0 saturated carbocycles. The lowest BCUT2D eigenvalue weighted by atomic mass is 10.1. The van der Waals surface area contributed by atoms with Crippen molar-refractivity contribution in [1.29, 1.82) is 0 Å². The van der Waals surface area contributed by atoms with E-state index in [1.807, 2.05) is 33.2 Å². The van der Waals surface area contributed by atoms with Gasteiger partial charge in [-0.3, -0.25) is 0 Å². The van der Waals surface area contributed by atoms with E-state index in [0.717, 1.165) is 63.6 Å². The maximum atomic E-state index is 12.4. The highest BCUT2D eigenvalue weighted by atomic mass is 32.2. The van der Waals surface area contributed by atoms with Crippen molar-refractivity contribution in [3.8, 4) is 11.3 Å². The number of fused-ring (bicyclic) bond motifs is 1. The molecule has 0 aliphatic carbocycles. The van der Waals surface area contributed by atoms with Gasteiger partial charge in [0.25, 0.3) is 0 Å². The van der Waals surface area contributed by atoms with E-state index in [1.54, 1.807) is 23.0 Å². The third kappa shape index (κ3) is 9.10. The molecule has 0 bridgehead atoms. The average molecular weight is 705 g/mol. The minimum absolute atomic E-state index is 0.274. The maximum absolute atomic E-state index is 12.4. The van der Waals surface area contributed by atoms with Crippen LogP contribution in [0.15, 0.2) is 58.8 Å². The Bertz CT molecular complexity index is 1710. The lowest BCUT2D eigenvalue weighted by Crippen LogP contribution is -2.50. The third-order valence-electron chi connectivity index (χ3n) is 8.41. The summed E-state index contributed by atoms with van der Waals surface area (Å²) in [6, 6.07) is 11.9. The molecule has 2 aliphatic rings. The Morgan fingerprint density at radius 2 is 1.59 bits per heavy atom. The molecule has 5 heterocycles. The monoisotopic (exact) mass is 704 g/mol. The molecule has 2 fully saturated rings. The first-order chi connectivity index (χ1) is 23.4. The smallest absolute Gasteiger partial charge is 0.410 e. The maximum Gasteiger partial charge on any atom is 0.410 e.